The van der Waals surface area contributed by atoms with Crippen molar-refractivity contribution in [1.82, 2.24) is 0 Å². The second-order valence-corrected chi connectivity index (χ2v) is 5.86. The molecule has 19 heavy (non-hydrogen) atoms. The van der Waals surface area contributed by atoms with Gasteiger partial charge < -0.3 is 4.74 Å². The summed E-state index contributed by atoms with van der Waals surface area (Å²) in [6, 6.07) is 4.64. The summed E-state index contributed by atoms with van der Waals surface area (Å²) in [7, 11) is -2.31. The zero-order chi connectivity index (χ0) is 14.5. The lowest BCUT2D eigenvalue weighted by atomic mass is 10.3. The average molecular weight is 287 g/mol. The predicted octanol–water partition coefficient (Wildman–Crippen LogP) is 1.32. The average Bonchev–Trinajstić information content (AvgIpc) is 2.38. The van der Waals surface area contributed by atoms with Gasteiger partial charge >= 0.3 is 5.97 Å². The molecule has 1 aromatic rings. The SMILES string of the molecule is COC(=O)CCCS(=O)(=O)c1ccc([N+](=O)[O-])cc1. The Balaban J connectivity index is 2.72. The number of esters is 1. The number of nitrogens with zero attached hydrogens (tertiary/aromatic N) is 1. The quantitative estimate of drug-likeness (QED) is 0.444. The maximum absolute atomic E-state index is 11.9. The number of benzene rings is 1. The highest BCUT2D eigenvalue weighted by Crippen LogP contribution is 2.17. The van der Waals surface area contributed by atoms with E-state index < -0.39 is 20.7 Å². The largest absolute Gasteiger partial charge is 0.469 e. The van der Waals surface area contributed by atoms with Gasteiger partial charge in [-0.05, 0) is 18.6 Å². The summed E-state index contributed by atoms with van der Waals surface area (Å²) in [5.41, 5.74) is -0.173. The number of nitro groups is 1. The highest BCUT2D eigenvalue weighted by Gasteiger charge is 2.16. The Morgan fingerprint density at radius 1 is 1.32 bits per heavy atom. The highest BCUT2D eigenvalue weighted by atomic mass is 32.2. The minimum Gasteiger partial charge on any atom is -0.469 e. The van der Waals surface area contributed by atoms with Crippen molar-refractivity contribution in [3.05, 3.63) is 34.4 Å². The fourth-order valence-electron chi connectivity index (χ4n) is 1.40. The smallest absolute Gasteiger partial charge is 0.305 e. The first-order valence-corrected chi connectivity index (χ1v) is 7.06. The third-order valence-corrected chi connectivity index (χ3v) is 4.24. The number of ether oxygens (including phenoxy) is 1. The lowest BCUT2D eigenvalue weighted by Crippen LogP contribution is -2.09. The van der Waals surface area contributed by atoms with Crippen molar-refractivity contribution in [1.29, 1.82) is 0 Å². The van der Waals surface area contributed by atoms with Crippen LogP contribution in [-0.2, 0) is 19.4 Å². The lowest BCUT2D eigenvalue weighted by molar-refractivity contribution is -0.384. The van der Waals surface area contributed by atoms with Crippen LogP contribution in [0.5, 0.6) is 0 Å². The summed E-state index contributed by atoms with van der Waals surface area (Å²) in [6.45, 7) is 0. The Bertz CT molecular complexity index is 563. The molecule has 104 valence electrons. The van der Waals surface area contributed by atoms with Gasteiger partial charge in [0.05, 0.1) is 22.7 Å². The van der Waals surface area contributed by atoms with E-state index >= 15 is 0 Å². The van der Waals surface area contributed by atoms with Crippen molar-refractivity contribution in [2.45, 2.75) is 17.7 Å². The van der Waals surface area contributed by atoms with Gasteiger partial charge in [0, 0.05) is 18.6 Å². The Hall–Kier alpha value is -1.96. The number of hydrogen-bond donors (Lipinski definition) is 0. The molecule has 0 spiro atoms. The topological polar surface area (TPSA) is 104 Å². The van der Waals surface area contributed by atoms with Crippen LogP contribution in [0.3, 0.4) is 0 Å². The first kappa shape index (κ1) is 15.1. The fourth-order valence-corrected chi connectivity index (χ4v) is 2.71. The van der Waals surface area contributed by atoms with Gasteiger partial charge in [-0.3, -0.25) is 14.9 Å². The normalized spacial score (nSPS) is 11.0. The molecule has 0 amide bonds. The van der Waals surface area contributed by atoms with E-state index in [1.54, 1.807) is 0 Å². The van der Waals surface area contributed by atoms with Crippen molar-refractivity contribution >= 4 is 21.5 Å². The standard InChI is InChI=1S/C11H13NO6S/c1-18-11(13)3-2-8-19(16,17)10-6-4-9(5-7-10)12(14)15/h4-7H,2-3,8H2,1H3. The third kappa shape index (κ3) is 4.32. The van der Waals surface area contributed by atoms with E-state index in [1.165, 1.54) is 19.2 Å². The van der Waals surface area contributed by atoms with Crippen molar-refractivity contribution < 1.29 is 22.9 Å². The van der Waals surface area contributed by atoms with Gasteiger partial charge in [-0.15, -0.1) is 0 Å². The molecule has 0 unspecified atom stereocenters. The van der Waals surface area contributed by atoms with E-state index in [0.717, 1.165) is 12.1 Å². The Morgan fingerprint density at radius 3 is 2.37 bits per heavy atom. The number of sulfone groups is 1. The van der Waals surface area contributed by atoms with Crippen LogP contribution in [0.4, 0.5) is 5.69 Å². The first-order valence-electron chi connectivity index (χ1n) is 5.41. The van der Waals surface area contributed by atoms with Crippen molar-refractivity contribution in [2.75, 3.05) is 12.9 Å². The monoisotopic (exact) mass is 287 g/mol. The van der Waals surface area contributed by atoms with Gasteiger partial charge in [-0.1, -0.05) is 0 Å². The summed E-state index contributed by atoms with van der Waals surface area (Å²) in [4.78, 5) is 20.7. The van der Waals surface area contributed by atoms with Crippen LogP contribution < -0.4 is 0 Å². The Labute approximate surface area is 110 Å². The third-order valence-electron chi connectivity index (χ3n) is 2.43. The maximum atomic E-state index is 11.9. The number of non-ortho nitro benzene ring substituents is 1. The fraction of sp³-hybridized carbons (Fsp3) is 0.364. The van der Waals surface area contributed by atoms with E-state index in [9.17, 15) is 23.3 Å². The van der Waals surface area contributed by atoms with Crippen LogP contribution in [0.15, 0.2) is 29.2 Å². The molecule has 0 saturated carbocycles. The van der Waals surface area contributed by atoms with E-state index in [1.807, 2.05) is 0 Å². The zero-order valence-electron chi connectivity index (χ0n) is 10.2. The molecular formula is C11H13NO6S. The number of carbonyl (C=O) groups excluding carboxylic acids is 1. The van der Waals surface area contributed by atoms with E-state index in [-0.39, 0.29) is 29.2 Å². The minimum absolute atomic E-state index is 0.00275. The molecule has 0 saturated heterocycles. The molecule has 0 fully saturated rings. The number of carbonyl (C=O) groups is 1. The van der Waals surface area contributed by atoms with Gasteiger partial charge in [0.25, 0.3) is 5.69 Å². The van der Waals surface area contributed by atoms with E-state index in [2.05, 4.69) is 4.74 Å². The Kier molecular flexibility index (Phi) is 4.99. The molecule has 7 nitrogen and oxygen atoms in total. The summed E-state index contributed by atoms with van der Waals surface area (Å²) in [5, 5.41) is 10.4. The minimum atomic E-state index is -3.54. The summed E-state index contributed by atoms with van der Waals surface area (Å²) in [6.07, 6.45) is 0.161. The van der Waals surface area contributed by atoms with Gasteiger partial charge in [0.2, 0.25) is 0 Å². The molecule has 8 heteroatoms. The molecule has 1 aromatic carbocycles. The molecule has 0 bridgehead atoms. The summed E-state index contributed by atoms with van der Waals surface area (Å²) >= 11 is 0. The van der Waals surface area contributed by atoms with Crippen LogP contribution in [0.1, 0.15) is 12.8 Å². The van der Waals surface area contributed by atoms with Crippen LogP contribution in [0.2, 0.25) is 0 Å². The van der Waals surface area contributed by atoms with Crippen molar-refractivity contribution in [2.24, 2.45) is 0 Å². The molecule has 0 N–H and O–H groups in total. The van der Waals surface area contributed by atoms with Gasteiger partial charge in [-0.25, -0.2) is 8.42 Å². The predicted molar refractivity (Wildman–Crippen MR) is 66.4 cm³/mol. The summed E-state index contributed by atoms with van der Waals surface area (Å²) < 4.78 is 28.1. The molecule has 0 heterocycles. The second-order valence-electron chi connectivity index (χ2n) is 3.75. The second kappa shape index (κ2) is 6.28. The molecule has 0 radical (unpaired) electrons. The molecule has 0 atom stereocenters. The molecular weight excluding hydrogens is 274 g/mol. The highest BCUT2D eigenvalue weighted by molar-refractivity contribution is 7.91. The number of rotatable bonds is 6. The Morgan fingerprint density at radius 2 is 1.89 bits per heavy atom. The summed E-state index contributed by atoms with van der Waals surface area (Å²) in [5.74, 6) is -0.682. The zero-order valence-corrected chi connectivity index (χ0v) is 11.1. The molecule has 1 rings (SSSR count). The van der Waals surface area contributed by atoms with Crippen molar-refractivity contribution in [3.8, 4) is 0 Å². The van der Waals surface area contributed by atoms with Gasteiger partial charge in [0.1, 0.15) is 0 Å². The molecule has 0 aliphatic carbocycles. The molecule has 0 aliphatic heterocycles. The van der Waals surface area contributed by atoms with Gasteiger partial charge in [0.15, 0.2) is 9.84 Å². The number of methoxy groups -OCH3 is 1. The van der Waals surface area contributed by atoms with Crippen LogP contribution >= 0.6 is 0 Å². The lowest BCUT2D eigenvalue weighted by Gasteiger charge is -2.03. The molecule has 0 aromatic heterocycles. The van der Waals surface area contributed by atoms with E-state index in [0.29, 0.717) is 0 Å². The van der Waals surface area contributed by atoms with Crippen LogP contribution in [0, 0.1) is 10.1 Å². The number of nitro benzene ring substituents is 1. The van der Waals surface area contributed by atoms with Crippen LogP contribution in [0.25, 0.3) is 0 Å². The van der Waals surface area contributed by atoms with Crippen molar-refractivity contribution in [3.63, 3.8) is 0 Å². The first-order chi connectivity index (χ1) is 8.86. The van der Waals surface area contributed by atoms with Crippen LogP contribution in [-0.4, -0.2) is 32.2 Å². The molecule has 0 aliphatic rings. The number of hydrogen-bond acceptors (Lipinski definition) is 6. The van der Waals surface area contributed by atoms with Gasteiger partial charge in [-0.2, -0.15) is 0 Å². The van der Waals surface area contributed by atoms with E-state index in [4.69, 9.17) is 0 Å². The maximum Gasteiger partial charge on any atom is 0.305 e.